The van der Waals surface area contributed by atoms with Crippen molar-refractivity contribution >= 4 is 11.6 Å². The maximum Gasteiger partial charge on any atom is 0.251 e. The van der Waals surface area contributed by atoms with Crippen LogP contribution in [0.5, 0.6) is 17.2 Å². The first-order chi connectivity index (χ1) is 12.1. The van der Waals surface area contributed by atoms with Gasteiger partial charge in [-0.1, -0.05) is 32.0 Å². The predicted molar refractivity (Wildman–Crippen MR) is 94.3 cm³/mol. The van der Waals surface area contributed by atoms with E-state index in [4.69, 9.17) is 14.2 Å². The molecule has 0 spiro atoms. The first-order valence-corrected chi connectivity index (χ1v) is 8.69. The maximum absolute atomic E-state index is 12.7. The molecule has 5 nitrogen and oxygen atoms in total. The highest BCUT2D eigenvalue weighted by Crippen LogP contribution is 2.43. The van der Waals surface area contributed by atoms with Gasteiger partial charge in [-0.05, 0) is 18.2 Å². The Morgan fingerprint density at radius 1 is 1.08 bits per heavy atom. The van der Waals surface area contributed by atoms with E-state index >= 15 is 0 Å². The monoisotopic (exact) mass is 339 g/mol. The highest BCUT2D eigenvalue weighted by atomic mass is 16.7. The maximum atomic E-state index is 12.7. The second kappa shape index (κ2) is 5.99. The Morgan fingerprint density at radius 2 is 1.84 bits per heavy atom. The number of hydrogen-bond acceptors (Lipinski definition) is 4. The summed E-state index contributed by atoms with van der Waals surface area (Å²) < 4.78 is 17.5. The number of anilines is 1. The summed E-state index contributed by atoms with van der Waals surface area (Å²) in [6, 6.07) is 13.2. The quantitative estimate of drug-likeness (QED) is 0.911. The van der Waals surface area contributed by atoms with Crippen LogP contribution in [0.4, 0.5) is 5.69 Å². The molecule has 0 aromatic heterocycles. The molecule has 5 heteroatoms. The molecule has 2 aromatic carbocycles. The third kappa shape index (κ3) is 2.69. The fourth-order valence-corrected chi connectivity index (χ4v) is 3.32. The highest BCUT2D eigenvalue weighted by Gasteiger charge is 2.38. The van der Waals surface area contributed by atoms with Gasteiger partial charge in [0.05, 0.1) is 0 Å². The fraction of sp³-hybridized carbons (Fsp3) is 0.350. The predicted octanol–water partition coefficient (Wildman–Crippen LogP) is 4.09. The first kappa shape index (κ1) is 15.8. The van der Waals surface area contributed by atoms with E-state index in [0.29, 0.717) is 18.0 Å². The third-order valence-corrected chi connectivity index (χ3v) is 4.90. The smallest absolute Gasteiger partial charge is 0.251 e. The molecule has 1 N–H and O–H groups in total. The average molecular weight is 339 g/mol. The van der Waals surface area contributed by atoms with Crippen molar-refractivity contribution in [2.75, 3.05) is 11.9 Å². The molecule has 0 saturated heterocycles. The summed E-state index contributed by atoms with van der Waals surface area (Å²) >= 11 is 0. The molecule has 25 heavy (non-hydrogen) atoms. The second-order valence-electron chi connectivity index (χ2n) is 6.37. The van der Waals surface area contributed by atoms with E-state index in [1.165, 1.54) is 0 Å². The Kier molecular flexibility index (Phi) is 3.79. The number of fused-ring (bicyclic) bond motifs is 2. The van der Waals surface area contributed by atoms with Gasteiger partial charge in [0.2, 0.25) is 5.91 Å². The molecule has 0 fully saturated rings. The fourth-order valence-electron chi connectivity index (χ4n) is 3.32. The molecule has 130 valence electrons. The lowest BCUT2D eigenvalue weighted by Gasteiger charge is -2.24. The molecule has 2 aliphatic rings. The van der Waals surface area contributed by atoms with Gasteiger partial charge in [0.1, 0.15) is 18.3 Å². The Balaban J connectivity index is 1.51. The van der Waals surface area contributed by atoms with E-state index in [2.05, 4.69) is 5.32 Å². The molecule has 0 bridgehead atoms. The van der Waals surface area contributed by atoms with Crippen LogP contribution >= 0.6 is 0 Å². The van der Waals surface area contributed by atoms with Crippen LogP contribution in [0.15, 0.2) is 42.5 Å². The Labute approximate surface area is 146 Å². The Morgan fingerprint density at radius 3 is 2.64 bits per heavy atom. The van der Waals surface area contributed by atoms with Crippen LogP contribution in [-0.4, -0.2) is 18.3 Å². The lowest BCUT2D eigenvalue weighted by atomic mass is 10.0. The number of amides is 1. The largest absolute Gasteiger partial charge is 0.492 e. The molecule has 2 aliphatic heterocycles. The molecule has 0 saturated carbocycles. The van der Waals surface area contributed by atoms with Crippen molar-refractivity contribution in [3.63, 3.8) is 0 Å². The van der Waals surface area contributed by atoms with Gasteiger partial charge in [-0.3, -0.25) is 4.79 Å². The van der Waals surface area contributed by atoms with Crippen LogP contribution in [0.25, 0.3) is 0 Å². The van der Waals surface area contributed by atoms with Gasteiger partial charge in [0.15, 0.2) is 11.5 Å². The van der Waals surface area contributed by atoms with Crippen LogP contribution in [0, 0.1) is 0 Å². The van der Waals surface area contributed by atoms with Crippen molar-refractivity contribution in [3.05, 3.63) is 48.0 Å². The molecule has 0 unspecified atom stereocenters. The van der Waals surface area contributed by atoms with Gasteiger partial charge in [-0.2, -0.15) is 0 Å². The van der Waals surface area contributed by atoms with Crippen molar-refractivity contribution in [3.8, 4) is 17.2 Å². The molecule has 0 aliphatic carbocycles. The van der Waals surface area contributed by atoms with Gasteiger partial charge < -0.3 is 19.5 Å². The zero-order valence-corrected chi connectivity index (χ0v) is 14.4. The van der Waals surface area contributed by atoms with Crippen molar-refractivity contribution in [1.29, 1.82) is 0 Å². The molecule has 2 aromatic rings. The van der Waals surface area contributed by atoms with Crippen LogP contribution in [-0.2, 0) is 4.79 Å². The normalized spacial score (nSPS) is 19.2. The van der Waals surface area contributed by atoms with Crippen LogP contribution in [0.1, 0.15) is 38.2 Å². The number of carbonyl (C=O) groups excluding carboxylic acids is 1. The zero-order chi connectivity index (χ0) is 17.4. The molecule has 0 radical (unpaired) electrons. The number of hydrogen-bond donors (Lipinski definition) is 1. The van der Waals surface area contributed by atoms with E-state index in [0.717, 1.165) is 29.9 Å². The number of ether oxygens (including phenoxy) is 3. The van der Waals surface area contributed by atoms with Gasteiger partial charge in [-0.15, -0.1) is 0 Å². The summed E-state index contributed by atoms with van der Waals surface area (Å²) in [5, 5.41) is 2.96. The minimum absolute atomic E-state index is 0.0824. The summed E-state index contributed by atoms with van der Waals surface area (Å²) in [4.78, 5) is 12.7. The summed E-state index contributed by atoms with van der Waals surface area (Å²) in [5.74, 6) is 1.20. The topological polar surface area (TPSA) is 56.8 Å². The summed E-state index contributed by atoms with van der Waals surface area (Å²) in [5.41, 5.74) is 1.62. The van der Waals surface area contributed by atoms with Crippen LogP contribution in [0.3, 0.4) is 0 Å². The molecule has 1 atom stereocenters. The summed E-state index contributed by atoms with van der Waals surface area (Å²) in [6.07, 6.45) is 1.52. The number of carbonyl (C=O) groups is 1. The third-order valence-electron chi connectivity index (χ3n) is 4.90. The number of benzene rings is 2. The van der Waals surface area contributed by atoms with Crippen molar-refractivity contribution in [1.82, 2.24) is 0 Å². The Bertz CT molecular complexity index is 813. The van der Waals surface area contributed by atoms with Gasteiger partial charge in [-0.25, -0.2) is 0 Å². The average Bonchev–Trinajstić information content (AvgIpc) is 3.23. The Hall–Kier alpha value is -2.69. The lowest BCUT2D eigenvalue weighted by Crippen LogP contribution is -2.36. The minimum Gasteiger partial charge on any atom is -0.492 e. The van der Waals surface area contributed by atoms with Crippen molar-refractivity contribution in [2.24, 2.45) is 0 Å². The van der Waals surface area contributed by atoms with Gasteiger partial charge in [0, 0.05) is 30.2 Å². The van der Waals surface area contributed by atoms with Crippen LogP contribution in [0.2, 0.25) is 0 Å². The van der Waals surface area contributed by atoms with Gasteiger partial charge in [0.25, 0.3) is 5.79 Å². The molecule has 1 amide bonds. The highest BCUT2D eigenvalue weighted by molar-refractivity contribution is 5.97. The minimum atomic E-state index is -0.594. The number of nitrogens with one attached hydrogen (secondary N) is 1. The van der Waals surface area contributed by atoms with Crippen molar-refractivity contribution < 1.29 is 19.0 Å². The second-order valence-corrected chi connectivity index (χ2v) is 6.37. The van der Waals surface area contributed by atoms with E-state index < -0.39 is 5.79 Å². The number of para-hydroxylation sites is 1. The molecule has 2 heterocycles. The van der Waals surface area contributed by atoms with E-state index in [1.54, 1.807) is 0 Å². The van der Waals surface area contributed by atoms with Gasteiger partial charge >= 0.3 is 0 Å². The van der Waals surface area contributed by atoms with E-state index in [1.807, 2.05) is 56.3 Å². The molecule has 4 rings (SSSR count). The lowest BCUT2D eigenvalue weighted by molar-refractivity contribution is -0.117. The molecular weight excluding hydrogens is 318 g/mol. The molecular formula is C20H21NO4. The standard InChI is InChI=1S/C20H21NO4/c1-3-20(4-2)24-17-10-9-13(11-18(17)25-20)21-19(22)15-12-23-16-8-6-5-7-14(15)16/h5-11,15H,3-4,12H2,1-2H3,(H,21,22)/t15-/m1/s1. The SMILES string of the molecule is CCC1(CC)Oc2ccc(NC(=O)[C@@H]3COc4ccccc43)cc2O1. The van der Waals surface area contributed by atoms with E-state index in [9.17, 15) is 4.79 Å². The first-order valence-electron chi connectivity index (χ1n) is 8.69. The van der Waals surface area contributed by atoms with Crippen LogP contribution < -0.4 is 19.5 Å². The van der Waals surface area contributed by atoms with Crippen molar-refractivity contribution in [2.45, 2.75) is 38.4 Å². The van der Waals surface area contributed by atoms with E-state index in [-0.39, 0.29) is 11.8 Å². The summed E-state index contributed by atoms with van der Waals surface area (Å²) in [6.45, 7) is 4.44. The summed E-state index contributed by atoms with van der Waals surface area (Å²) in [7, 11) is 0. The number of rotatable bonds is 4. The zero-order valence-electron chi connectivity index (χ0n) is 14.4.